The van der Waals surface area contributed by atoms with Gasteiger partial charge in [-0.3, -0.25) is 14.4 Å². The fraction of sp³-hybridized carbons (Fsp3) is 0.833. The van der Waals surface area contributed by atoms with Crippen molar-refractivity contribution in [1.29, 1.82) is 0 Å². The summed E-state index contributed by atoms with van der Waals surface area (Å²) in [5.74, 6) is -0.868. The van der Waals surface area contributed by atoms with E-state index in [0.717, 1.165) is 83.5 Å². The molecular weight excluding hydrogens is 889 g/mol. The topological polar surface area (TPSA) is 78.9 Å². The van der Waals surface area contributed by atoms with Gasteiger partial charge in [-0.1, -0.05) is 288 Å². The van der Waals surface area contributed by atoms with Crippen LogP contribution in [0.15, 0.2) is 48.6 Å². The number of hydrogen-bond donors (Lipinski definition) is 0. The highest BCUT2D eigenvalue weighted by Gasteiger charge is 2.19. The van der Waals surface area contributed by atoms with Crippen LogP contribution in [0, 0.1) is 0 Å². The molecule has 0 aliphatic heterocycles. The fourth-order valence-corrected chi connectivity index (χ4v) is 9.34. The largest absolute Gasteiger partial charge is 0.462 e. The first-order valence-electron chi connectivity index (χ1n) is 31.6. The van der Waals surface area contributed by atoms with Crippen LogP contribution in [0.25, 0.3) is 0 Å². The van der Waals surface area contributed by atoms with E-state index in [1.807, 2.05) is 0 Å². The van der Waals surface area contributed by atoms with Gasteiger partial charge in [0.15, 0.2) is 6.10 Å². The number of carbonyl (C=O) groups excluding carboxylic acids is 3. The molecule has 420 valence electrons. The molecule has 0 radical (unpaired) electrons. The molecule has 0 aromatic rings. The van der Waals surface area contributed by atoms with Gasteiger partial charge in [0.05, 0.1) is 0 Å². The van der Waals surface area contributed by atoms with E-state index in [9.17, 15) is 14.4 Å². The minimum atomic E-state index is -0.778. The van der Waals surface area contributed by atoms with Crippen LogP contribution in [0.3, 0.4) is 0 Å². The van der Waals surface area contributed by atoms with E-state index in [-0.39, 0.29) is 31.1 Å². The second kappa shape index (κ2) is 60.9. The minimum absolute atomic E-state index is 0.0743. The second-order valence-corrected chi connectivity index (χ2v) is 21.3. The summed E-state index contributed by atoms with van der Waals surface area (Å²) < 4.78 is 16.9. The lowest BCUT2D eigenvalue weighted by Crippen LogP contribution is -2.30. The standard InChI is InChI=1S/C66H120O6/c1-4-7-10-13-16-19-22-25-28-31-33-36-38-41-44-47-50-53-56-59-65(68)71-62-63(61-70-64(67)58-55-52-49-46-43-40-37-34-30-27-24-21-18-15-12-9-6-3)72-66(69)60-57-54-51-48-45-42-39-35-32-29-26-23-20-17-14-11-8-5-2/h9,12,18,21,27,29-30,32,63H,4-8,10-11,13-17,19-20,22-26,28,31,33-62H2,1-3H3/b12-9-,21-18-,30-27-,32-29-. The van der Waals surface area contributed by atoms with Crippen molar-refractivity contribution in [2.75, 3.05) is 13.2 Å². The van der Waals surface area contributed by atoms with E-state index in [1.165, 1.54) is 212 Å². The molecule has 0 spiro atoms. The Morgan fingerprint density at radius 2 is 0.542 bits per heavy atom. The van der Waals surface area contributed by atoms with Gasteiger partial charge in [0.25, 0.3) is 0 Å². The quantitative estimate of drug-likeness (QED) is 0.0261. The Morgan fingerprint density at radius 1 is 0.292 bits per heavy atom. The Kier molecular flexibility index (Phi) is 58.7. The summed E-state index contributed by atoms with van der Waals surface area (Å²) in [6.45, 7) is 6.57. The first-order chi connectivity index (χ1) is 35.5. The number of unbranched alkanes of at least 4 members (excludes halogenated alkanes) is 39. The average Bonchev–Trinajstić information content (AvgIpc) is 3.38. The highest BCUT2D eigenvalue weighted by molar-refractivity contribution is 5.71. The Balaban J connectivity index is 4.35. The highest BCUT2D eigenvalue weighted by atomic mass is 16.6. The molecule has 72 heavy (non-hydrogen) atoms. The number of allylic oxidation sites excluding steroid dienone is 8. The third kappa shape index (κ3) is 58.3. The van der Waals surface area contributed by atoms with Gasteiger partial charge in [0, 0.05) is 19.3 Å². The lowest BCUT2D eigenvalue weighted by molar-refractivity contribution is -0.167. The number of ether oxygens (including phenoxy) is 3. The lowest BCUT2D eigenvalue weighted by atomic mass is 10.0. The van der Waals surface area contributed by atoms with E-state index in [1.54, 1.807) is 0 Å². The fourth-order valence-electron chi connectivity index (χ4n) is 9.34. The van der Waals surface area contributed by atoms with Crippen molar-refractivity contribution in [2.45, 2.75) is 341 Å². The Morgan fingerprint density at radius 3 is 0.861 bits per heavy atom. The first-order valence-corrected chi connectivity index (χ1v) is 31.6. The molecule has 0 N–H and O–H groups in total. The van der Waals surface area contributed by atoms with Crippen molar-refractivity contribution < 1.29 is 28.6 Å². The summed E-state index contributed by atoms with van der Waals surface area (Å²) >= 11 is 0. The van der Waals surface area contributed by atoms with Crippen molar-refractivity contribution in [1.82, 2.24) is 0 Å². The summed E-state index contributed by atoms with van der Waals surface area (Å²) in [7, 11) is 0. The number of hydrogen-bond acceptors (Lipinski definition) is 6. The molecule has 1 atom stereocenters. The smallest absolute Gasteiger partial charge is 0.306 e. The van der Waals surface area contributed by atoms with Crippen molar-refractivity contribution in [3.63, 3.8) is 0 Å². The van der Waals surface area contributed by atoms with Crippen LogP contribution < -0.4 is 0 Å². The molecule has 0 saturated heterocycles. The first kappa shape index (κ1) is 69.4. The average molecular weight is 1010 g/mol. The Bertz CT molecular complexity index is 1250. The number of rotatable bonds is 58. The molecule has 0 rings (SSSR count). The van der Waals surface area contributed by atoms with Gasteiger partial charge < -0.3 is 14.2 Å². The van der Waals surface area contributed by atoms with Crippen molar-refractivity contribution in [3.05, 3.63) is 48.6 Å². The molecule has 0 aromatic heterocycles. The van der Waals surface area contributed by atoms with Gasteiger partial charge in [-0.25, -0.2) is 0 Å². The van der Waals surface area contributed by atoms with Crippen LogP contribution in [0.5, 0.6) is 0 Å². The molecular formula is C66H120O6. The zero-order valence-electron chi connectivity index (χ0n) is 48.2. The van der Waals surface area contributed by atoms with E-state index < -0.39 is 6.10 Å². The maximum absolute atomic E-state index is 12.9. The van der Waals surface area contributed by atoms with Crippen molar-refractivity contribution in [2.24, 2.45) is 0 Å². The molecule has 6 nitrogen and oxygen atoms in total. The zero-order chi connectivity index (χ0) is 52.2. The van der Waals surface area contributed by atoms with Gasteiger partial charge >= 0.3 is 17.9 Å². The van der Waals surface area contributed by atoms with Crippen LogP contribution in [-0.4, -0.2) is 37.2 Å². The predicted molar refractivity (Wildman–Crippen MR) is 312 cm³/mol. The van der Waals surface area contributed by atoms with Gasteiger partial charge in [-0.2, -0.15) is 0 Å². The molecule has 0 amide bonds. The Labute approximate surface area is 448 Å². The molecule has 6 heteroatoms. The van der Waals surface area contributed by atoms with Crippen LogP contribution in [-0.2, 0) is 28.6 Å². The molecule has 0 saturated carbocycles. The van der Waals surface area contributed by atoms with Crippen LogP contribution in [0.2, 0.25) is 0 Å². The second-order valence-electron chi connectivity index (χ2n) is 21.3. The summed E-state index contributed by atoms with van der Waals surface area (Å²) in [4.78, 5) is 38.3. The molecule has 0 aliphatic carbocycles. The summed E-state index contributed by atoms with van der Waals surface area (Å²) in [5, 5.41) is 0. The van der Waals surface area contributed by atoms with Gasteiger partial charge in [-0.05, 0) is 77.0 Å². The van der Waals surface area contributed by atoms with E-state index in [4.69, 9.17) is 14.2 Å². The summed E-state index contributed by atoms with van der Waals surface area (Å²) in [6.07, 6.45) is 75.4. The summed E-state index contributed by atoms with van der Waals surface area (Å²) in [5.41, 5.74) is 0. The van der Waals surface area contributed by atoms with E-state index >= 15 is 0 Å². The van der Waals surface area contributed by atoms with Gasteiger partial charge in [-0.15, -0.1) is 0 Å². The van der Waals surface area contributed by atoms with Crippen LogP contribution in [0.4, 0.5) is 0 Å². The maximum atomic E-state index is 12.9. The Hall–Kier alpha value is -2.63. The molecule has 1 unspecified atom stereocenters. The minimum Gasteiger partial charge on any atom is -0.462 e. The predicted octanol–water partition coefficient (Wildman–Crippen LogP) is 21.4. The number of carbonyl (C=O) groups is 3. The zero-order valence-corrected chi connectivity index (χ0v) is 48.2. The number of esters is 3. The van der Waals surface area contributed by atoms with Crippen molar-refractivity contribution >= 4 is 17.9 Å². The summed E-state index contributed by atoms with van der Waals surface area (Å²) in [6, 6.07) is 0. The highest BCUT2D eigenvalue weighted by Crippen LogP contribution is 2.17. The van der Waals surface area contributed by atoms with Crippen molar-refractivity contribution in [3.8, 4) is 0 Å². The van der Waals surface area contributed by atoms with E-state index in [0.29, 0.717) is 19.3 Å². The third-order valence-electron chi connectivity index (χ3n) is 14.1. The van der Waals surface area contributed by atoms with Gasteiger partial charge in [0.2, 0.25) is 0 Å². The molecule has 0 bridgehead atoms. The maximum Gasteiger partial charge on any atom is 0.306 e. The lowest BCUT2D eigenvalue weighted by Gasteiger charge is -2.18. The van der Waals surface area contributed by atoms with E-state index in [2.05, 4.69) is 69.4 Å². The van der Waals surface area contributed by atoms with Crippen LogP contribution in [0.1, 0.15) is 335 Å². The monoisotopic (exact) mass is 1010 g/mol. The normalized spacial score (nSPS) is 12.3. The molecule has 0 fully saturated rings. The molecule has 0 aliphatic rings. The third-order valence-corrected chi connectivity index (χ3v) is 14.1. The molecule has 0 aromatic carbocycles. The SMILES string of the molecule is CC/C=C\C/C=C\C/C=C\CCCCCCCCCC(=O)OCC(COC(=O)CCCCCCCCCCCCCCCCCCCCC)OC(=O)CCCCCCCCC/C=C\CCCCCCCCC. The molecule has 0 heterocycles. The van der Waals surface area contributed by atoms with Gasteiger partial charge in [0.1, 0.15) is 13.2 Å². The van der Waals surface area contributed by atoms with Crippen LogP contribution >= 0.6 is 0 Å².